The second-order valence-electron chi connectivity index (χ2n) is 6.69. The topological polar surface area (TPSA) is 70.7 Å². The number of hydrogen-bond acceptors (Lipinski definition) is 4. The van der Waals surface area contributed by atoms with Crippen molar-refractivity contribution in [3.63, 3.8) is 0 Å². The first-order valence-electron chi connectivity index (χ1n) is 9.20. The van der Waals surface area contributed by atoms with Gasteiger partial charge in [-0.25, -0.2) is 0 Å². The summed E-state index contributed by atoms with van der Waals surface area (Å²) in [5, 5.41) is 5.71. The third-order valence-electron chi connectivity index (χ3n) is 4.46. The second-order valence-corrected chi connectivity index (χ2v) is 6.69. The van der Waals surface area contributed by atoms with Gasteiger partial charge >= 0.3 is 0 Å². The molecule has 0 saturated heterocycles. The number of rotatable bonds is 8. The van der Waals surface area contributed by atoms with Crippen LogP contribution in [0.2, 0.25) is 0 Å². The van der Waals surface area contributed by atoms with Crippen molar-refractivity contribution in [3.8, 4) is 5.75 Å². The maximum absolute atomic E-state index is 12.2. The average Bonchev–Trinajstić information content (AvgIpc) is 3.51. The molecule has 0 unspecified atom stereocenters. The molecule has 0 heterocycles. The van der Waals surface area contributed by atoms with E-state index in [1.807, 2.05) is 37.4 Å². The van der Waals surface area contributed by atoms with Crippen molar-refractivity contribution >= 4 is 28.9 Å². The highest BCUT2D eigenvalue weighted by Crippen LogP contribution is 2.30. The average molecular weight is 367 g/mol. The fraction of sp³-hybridized carbons (Fsp3) is 0.333. The monoisotopic (exact) mass is 367 g/mol. The Labute approximate surface area is 159 Å². The predicted octanol–water partition coefficient (Wildman–Crippen LogP) is 3.51. The summed E-state index contributed by atoms with van der Waals surface area (Å²) in [5.41, 5.74) is 2.45. The fourth-order valence-corrected chi connectivity index (χ4v) is 2.60. The van der Waals surface area contributed by atoms with Crippen LogP contribution in [0.3, 0.4) is 0 Å². The number of anilines is 3. The summed E-state index contributed by atoms with van der Waals surface area (Å²) < 4.78 is 5.56. The Hall–Kier alpha value is -3.02. The number of carbonyl (C=O) groups is 2. The molecule has 2 aromatic rings. The molecular formula is C21H25N3O3. The van der Waals surface area contributed by atoms with Gasteiger partial charge in [0, 0.05) is 42.6 Å². The smallest absolute Gasteiger partial charge is 0.262 e. The molecular weight excluding hydrogens is 342 g/mol. The zero-order valence-electron chi connectivity index (χ0n) is 15.7. The molecule has 6 nitrogen and oxygen atoms in total. The predicted molar refractivity (Wildman–Crippen MR) is 107 cm³/mol. The lowest BCUT2D eigenvalue weighted by atomic mass is 10.2. The van der Waals surface area contributed by atoms with Crippen LogP contribution < -0.4 is 20.3 Å². The molecule has 2 N–H and O–H groups in total. The molecule has 6 heteroatoms. The molecule has 0 radical (unpaired) electrons. The molecule has 0 atom stereocenters. The summed E-state index contributed by atoms with van der Waals surface area (Å²) in [7, 11) is 2.00. The maximum Gasteiger partial charge on any atom is 0.262 e. The Balaban J connectivity index is 1.52. The molecule has 0 spiro atoms. The quantitative estimate of drug-likeness (QED) is 0.749. The van der Waals surface area contributed by atoms with Crippen molar-refractivity contribution in [1.29, 1.82) is 0 Å². The van der Waals surface area contributed by atoms with Gasteiger partial charge in [-0.3, -0.25) is 9.59 Å². The van der Waals surface area contributed by atoms with E-state index in [1.54, 1.807) is 18.2 Å². The van der Waals surface area contributed by atoms with E-state index in [0.717, 1.165) is 30.8 Å². The first kappa shape index (κ1) is 18.8. The molecule has 1 fully saturated rings. The largest absolute Gasteiger partial charge is 0.484 e. The Bertz CT molecular complexity index is 818. The highest BCUT2D eigenvalue weighted by Gasteiger charge is 2.29. The Kier molecular flexibility index (Phi) is 5.96. The van der Waals surface area contributed by atoms with Gasteiger partial charge in [0.2, 0.25) is 5.91 Å². The van der Waals surface area contributed by atoms with Crippen molar-refractivity contribution in [2.75, 3.05) is 35.7 Å². The lowest BCUT2D eigenvalue weighted by Gasteiger charge is -2.17. The number of benzene rings is 2. The van der Waals surface area contributed by atoms with E-state index in [1.165, 1.54) is 0 Å². The van der Waals surface area contributed by atoms with Gasteiger partial charge in [-0.15, -0.1) is 0 Å². The van der Waals surface area contributed by atoms with Gasteiger partial charge < -0.3 is 20.3 Å². The zero-order chi connectivity index (χ0) is 19.2. The van der Waals surface area contributed by atoms with Crippen LogP contribution >= 0.6 is 0 Å². The number of amides is 2. The van der Waals surface area contributed by atoms with Crippen molar-refractivity contribution in [2.24, 2.45) is 5.92 Å². The van der Waals surface area contributed by atoms with E-state index in [4.69, 9.17) is 4.74 Å². The van der Waals surface area contributed by atoms with Crippen molar-refractivity contribution < 1.29 is 14.3 Å². The van der Waals surface area contributed by atoms with Crippen LogP contribution in [0.5, 0.6) is 5.75 Å². The van der Waals surface area contributed by atoms with Gasteiger partial charge in [-0.05, 0) is 50.1 Å². The zero-order valence-corrected chi connectivity index (χ0v) is 15.7. The molecule has 0 aromatic heterocycles. The lowest BCUT2D eigenvalue weighted by molar-refractivity contribution is -0.118. The van der Waals surface area contributed by atoms with Crippen LogP contribution in [0.15, 0.2) is 48.5 Å². The first-order valence-corrected chi connectivity index (χ1v) is 9.20. The molecule has 3 rings (SSSR count). The van der Waals surface area contributed by atoms with Gasteiger partial charge in [0.1, 0.15) is 5.75 Å². The number of nitrogens with zero attached hydrogens (tertiary/aromatic N) is 1. The molecule has 142 valence electrons. The SMILES string of the molecule is CCN(C)c1cccc(NC(=O)COc2cccc(NC(=O)C3CC3)c2)c1. The Morgan fingerprint density at radius 2 is 1.78 bits per heavy atom. The molecule has 2 amide bonds. The van der Waals surface area contributed by atoms with Gasteiger partial charge in [0.25, 0.3) is 5.91 Å². The molecule has 1 saturated carbocycles. The van der Waals surface area contributed by atoms with Crippen LogP contribution in [-0.2, 0) is 9.59 Å². The highest BCUT2D eigenvalue weighted by molar-refractivity contribution is 5.94. The van der Waals surface area contributed by atoms with E-state index in [-0.39, 0.29) is 24.3 Å². The molecule has 1 aliphatic carbocycles. The van der Waals surface area contributed by atoms with Gasteiger partial charge in [0.05, 0.1) is 0 Å². The third-order valence-corrected chi connectivity index (χ3v) is 4.46. The van der Waals surface area contributed by atoms with E-state index in [9.17, 15) is 9.59 Å². The van der Waals surface area contributed by atoms with Crippen LogP contribution in [0.1, 0.15) is 19.8 Å². The number of hydrogen-bond donors (Lipinski definition) is 2. The van der Waals surface area contributed by atoms with Crippen molar-refractivity contribution in [3.05, 3.63) is 48.5 Å². The van der Waals surface area contributed by atoms with E-state index >= 15 is 0 Å². The van der Waals surface area contributed by atoms with E-state index in [0.29, 0.717) is 11.4 Å². The molecule has 1 aliphatic rings. The van der Waals surface area contributed by atoms with Crippen molar-refractivity contribution in [1.82, 2.24) is 0 Å². The van der Waals surface area contributed by atoms with E-state index < -0.39 is 0 Å². The summed E-state index contributed by atoms with van der Waals surface area (Å²) in [6.07, 6.45) is 1.91. The number of nitrogens with one attached hydrogen (secondary N) is 2. The molecule has 27 heavy (non-hydrogen) atoms. The van der Waals surface area contributed by atoms with Gasteiger partial charge in [0.15, 0.2) is 6.61 Å². The van der Waals surface area contributed by atoms with Crippen LogP contribution in [0, 0.1) is 5.92 Å². The normalized spacial score (nSPS) is 13.0. The lowest BCUT2D eigenvalue weighted by Crippen LogP contribution is -2.21. The number of ether oxygens (including phenoxy) is 1. The van der Waals surface area contributed by atoms with E-state index in [2.05, 4.69) is 22.5 Å². The maximum atomic E-state index is 12.2. The Morgan fingerprint density at radius 1 is 1.07 bits per heavy atom. The molecule has 2 aromatic carbocycles. The van der Waals surface area contributed by atoms with Gasteiger partial charge in [-0.1, -0.05) is 12.1 Å². The minimum absolute atomic E-state index is 0.0434. The summed E-state index contributed by atoms with van der Waals surface area (Å²) in [4.78, 5) is 26.1. The highest BCUT2D eigenvalue weighted by atomic mass is 16.5. The van der Waals surface area contributed by atoms with Crippen LogP contribution in [-0.4, -0.2) is 32.0 Å². The summed E-state index contributed by atoms with van der Waals surface area (Å²) in [6, 6.07) is 14.8. The van der Waals surface area contributed by atoms with Crippen LogP contribution in [0.25, 0.3) is 0 Å². The van der Waals surface area contributed by atoms with Crippen LogP contribution in [0.4, 0.5) is 17.1 Å². The Morgan fingerprint density at radius 3 is 2.48 bits per heavy atom. The van der Waals surface area contributed by atoms with Crippen molar-refractivity contribution in [2.45, 2.75) is 19.8 Å². The molecule has 0 bridgehead atoms. The number of carbonyl (C=O) groups excluding carboxylic acids is 2. The molecule has 0 aliphatic heterocycles. The second kappa shape index (κ2) is 8.58. The first-order chi connectivity index (χ1) is 13.0. The minimum Gasteiger partial charge on any atom is -0.484 e. The summed E-state index contributed by atoms with van der Waals surface area (Å²) in [6.45, 7) is 2.85. The minimum atomic E-state index is -0.237. The summed E-state index contributed by atoms with van der Waals surface area (Å²) >= 11 is 0. The third kappa shape index (κ3) is 5.48. The fourth-order valence-electron chi connectivity index (χ4n) is 2.60. The standard InChI is InChI=1S/C21H25N3O3/c1-3-24(2)18-8-4-6-16(12-18)22-20(25)14-27-19-9-5-7-17(13-19)23-21(26)15-10-11-15/h4-9,12-13,15H,3,10-11,14H2,1-2H3,(H,22,25)(H,23,26). The van der Waals surface area contributed by atoms with Gasteiger partial charge in [-0.2, -0.15) is 0 Å². The summed E-state index contributed by atoms with van der Waals surface area (Å²) in [5.74, 6) is 0.488.